The van der Waals surface area contributed by atoms with E-state index in [1.807, 2.05) is 13.8 Å². The van der Waals surface area contributed by atoms with E-state index in [1.54, 1.807) is 0 Å². The number of epoxide rings is 1. The molecule has 3 heteroatoms. The third-order valence-electron chi connectivity index (χ3n) is 3.32. The Balaban J connectivity index is 2.56. The molecule has 0 spiro atoms. The van der Waals surface area contributed by atoms with Crippen LogP contribution in [0.15, 0.2) is 0 Å². The van der Waals surface area contributed by atoms with Gasteiger partial charge < -0.3 is 9.47 Å². The van der Waals surface area contributed by atoms with Crippen molar-refractivity contribution in [2.75, 3.05) is 7.11 Å². The topological polar surface area (TPSA) is 38.8 Å². The zero-order chi connectivity index (χ0) is 11.9. The fraction of sp³-hybridized carbons (Fsp3) is 0.917. The molecule has 0 bridgehead atoms. The van der Waals surface area contributed by atoms with Crippen LogP contribution in [0.3, 0.4) is 0 Å². The van der Waals surface area contributed by atoms with Crippen LogP contribution in [0.1, 0.15) is 47.5 Å². The number of methoxy groups -OCH3 is 1. The molecule has 1 fully saturated rings. The van der Waals surface area contributed by atoms with Gasteiger partial charge in [-0.2, -0.15) is 0 Å². The molecule has 0 aromatic carbocycles. The van der Waals surface area contributed by atoms with Crippen molar-refractivity contribution in [3.8, 4) is 0 Å². The van der Waals surface area contributed by atoms with E-state index in [0.29, 0.717) is 0 Å². The van der Waals surface area contributed by atoms with Gasteiger partial charge in [0.15, 0.2) is 5.60 Å². The normalized spacial score (nSPS) is 35.1. The van der Waals surface area contributed by atoms with Crippen LogP contribution in [0.4, 0.5) is 0 Å². The predicted octanol–water partition coefficient (Wildman–Crippen LogP) is 2.53. The molecule has 2 unspecified atom stereocenters. The van der Waals surface area contributed by atoms with E-state index in [9.17, 15) is 4.79 Å². The molecule has 2 atom stereocenters. The minimum atomic E-state index is -0.729. The SMILES string of the molecule is COC(=O)C1(C)OC1(C)CCC(C)(C)C. The molecule has 1 aliphatic rings. The van der Waals surface area contributed by atoms with Crippen LogP contribution in [0.2, 0.25) is 0 Å². The molecule has 1 heterocycles. The van der Waals surface area contributed by atoms with E-state index in [0.717, 1.165) is 12.8 Å². The third kappa shape index (κ3) is 2.33. The van der Waals surface area contributed by atoms with E-state index < -0.39 is 5.60 Å². The molecule has 0 saturated carbocycles. The molecule has 1 aliphatic heterocycles. The van der Waals surface area contributed by atoms with E-state index in [4.69, 9.17) is 9.47 Å². The number of carbonyl (C=O) groups is 1. The highest BCUT2D eigenvalue weighted by atomic mass is 16.7. The fourth-order valence-corrected chi connectivity index (χ4v) is 1.78. The Labute approximate surface area is 92.1 Å². The molecule has 0 N–H and O–H groups in total. The van der Waals surface area contributed by atoms with Crippen molar-refractivity contribution in [2.45, 2.75) is 58.7 Å². The summed E-state index contributed by atoms with van der Waals surface area (Å²) in [5.74, 6) is -0.265. The molecule has 88 valence electrons. The van der Waals surface area contributed by atoms with E-state index in [-0.39, 0.29) is 17.0 Å². The highest BCUT2D eigenvalue weighted by Gasteiger charge is 2.69. The van der Waals surface area contributed by atoms with Gasteiger partial charge in [-0.25, -0.2) is 4.79 Å². The van der Waals surface area contributed by atoms with Gasteiger partial charge in [0.2, 0.25) is 0 Å². The number of esters is 1. The van der Waals surface area contributed by atoms with Gasteiger partial charge in [-0.3, -0.25) is 0 Å². The Bertz CT molecular complexity index is 267. The molecular weight excluding hydrogens is 192 g/mol. The van der Waals surface area contributed by atoms with Gasteiger partial charge in [0.1, 0.15) is 5.60 Å². The molecule has 0 amide bonds. The predicted molar refractivity (Wildman–Crippen MR) is 58.6 cm³/mol. The fourth-order valence-electron chi connectivity index (χ4n) is 1.78. The second-order valence-electron chi connectivity index (χ2n) is 5.92. The Morgan fingerprint density at radius 1 is 1.33 bits per heavy atom. The van der Waals surface area contributed by atoms with Gasteiger partial charge in [0.25, 0.3) is 0 Å². The zero-order valence-corrected chi connectivity index (χ0v) is 10.6. The first-order valence-corrected chi connectivity index (χ1v) is 5.43. The minimum Gasteiger partial charge on any atom is -0.467 e. The lowest BCUT2D eigenvalue weighted by Crippen LogP contribution is -2.31. The Hall–Kier alpha value is -0.570. The molecule has 15 heavy (non-hydrogen) atoms. The maximum absolute atomic E-state index is 11.5. The van der Waals surface area contributed by atoms with Gasteiger partial charge in [0, 0.05) is 0 Å². The number of ether oxygens (including phenoxy) is 2. The Morgan fingerprint density at radius 3 is 2.27 bits per heavy atom. The highest BCUT2D eigenvalue weighted by Crippen LogP contribution is 2.52. The summed E-state index contributed by atoms with van der Waals surface area (Å²) >= 11 is 0. The molecule has 1 saturated heterocycles. The van der Waals surface area contributed by atoms with Crippen LogP contribution in [0, 0.1) is 5.41 Å². The van der Waals surface area contributed by atoms with Gasteiger partial charge in [-0.1, -0.05) is 20.8 Å². The van der Waals surface area contributed by atoms with Crippen molar-refractivity contribution in [3.05, 3.63) is 0 Å². The minimum absolute atomic E-state index is 0.265. The van der Waals surface area contributed by atoms with Crippen LogP contribution < -0.4 is 0 Å². The quantitative estimate of drug-likeness (QED) is 0.535. The molecular formula is C12H22O3. The molecule has 0 radical (unpaired) electrons. The van der Waals surface area contributed by atoms with Crippen LogP contribution in [0.25, 0.3) is 0 Å². The summed E-state index contributed by atoms with van der Waals surface area (Å²) in [5.41, 5.74) is -0.799. The van der Waals surface area contributed by atoms with Gasteiger partial charge >= 0.3 is 5.97 Å². The maximum atomic E-state index is 11.5. The summed E-state index contributed by atoms with van der Waals surface area (Å²) in [6, 6.07) is 0. The zero-order valence-electron chi connectivity index (χ0n) is 10.6. The standard InChI is InChI=1S/C12H22O3/c1-10(2,3)7-8-11(4)12(5,15-11)9(13)14-6/h7-8H2,1-6H3. The molecule has 0 aromatic rings. The first-order valence-electron chi connectivity index (χ1n) is 5.43. The van der Waals surface area contributed by atoms with Crippen molar-refractivity contribution >= 4 is 5.97 Å². The highest BCUT2D eigenvalue weighted by molar-refractivity contribution is 5.84. The van der Waals surface area contributed by atoms with Gasteiger partial charge in [-0.05, 0) is 32.1 Å². The molecule has 1 rings (SSSR count). The van der Waals surface area contributed by atoms with Crippen LogP contribution in [-0.4, -0.2) is 24.3 Å². The summed E-state index contributed by atoms with van der Waals surface area (Å²) in [7, 11) is 1.40. The summed E-state index contributed by atoms with van der Waals surface area (Å²) < 4.78 is 10.3. The van der Waals surface area contributed by atoms with Gasteiger partial charge in [0.05, 0.1) is 7.11 Å². The van der Waals surface area contributed by atoms with Gasteiger partial charge in [-0.15, -0.1) is 0 Å². The molecule has 3 nitrogen and oxygen atoms in total. The van der Waals surface area contributed by atoms with Crippen LogP contribution >= 0.6 is 0 Å². The molecule has 0 aliphatic carbocycles. The van der Waals surface area contributed by atoms with Crippen molar-refractivity contribution in [2.24, 2.45) is 5.41 Å². The second-order valence-corrected chi connectivity index (χ2v) is 5.92. The maximum Gasteiger partial charge on any atom is 0.340 e. The summed E-state index contributed by atoms with van der Waals surface area (Å²) in [6.07, 6.45) is 1.93. The summed E-state index contributed by atoms with van der Waals surface area (Å²) in [6.45, 7) is 10.4. The Morgan fingerprint density at radius 2 is 1.87 bits per heavy atom. The van der Waals surface area contributed by atoms with Crippen molar-refractivity contribution < 1.29 is 14.3 Å². The lowest BCUT2D eigenvalue weighted by Gasteiger charge is -2.20. The van der Waals surface area contributed by atoms with E-state index >= 15 is 0 Å². The lowest BCUT2D eigenvalue weighted by molar-refractivity contribution is -0.146. The number of carbonyl (C=O) groups excluding carboxylic acids is 1. The average Bonchev–Trinajstić information content (AvgIpc) is 2.66. The number of hydrogen-bond acceptors (Lipinski definition) is 3. The third-order valence-corrected chi connectivity index (χ3v) is 3.32. The number of rotatable bonds is 3. The van der Waals surface area contributed by atoms with Crippen LogP contribution in [0.5, 0.6) is 0 Å². The summed E-state index contributed by atoms with van der Waals surface area (Å²) in [5, 5.41) is 0. The lowest BCUT2D eigenvalue weighted by atomic mass is 9.83. The Kier molecular flexibility index (Phi) is 2.90. The first-order chi connectivity index (χ1) is 6.65. The van der Waals surface area contributed by atoms with E-state index in [1.165, 1.54) is 7.11 Å². The van der Waals surface area contributed by atoms with Crippen molar-refractivity contribution in [3.63, 3.8) is 0 Å². The number of hydrogen-bond donors (Lipinski definition) is 0. The van der Waals surface area contributed by atoms with Crippen molar-refractivity contribution in [1.82, 2.24) is 0 Å². The van der Waals surface area contributed by atoms with Crippen LogP contribution in [-0.2, 0) is 14.3 Å². The largest absolute Gasteiger partial charge is 0.467 e. The smallest absolute Gasteiger partial charge is 0.340 e. The first kappa shape index (κ1) is 12.5. The molecule has 0 aromatic heterocycles. The summed E-state index contributed by atoms with van der Waals surface area (Å²) in [4.78, 5) is 11.5. The van der Waals surface area contributed by atoms with Crippen molar-refractivity contribution in [1.29, 1.82) is 0 Å². The monoisotopic (exact) mass is 214 g/mol. The van der Waals surface area contributed by atoms with E-state index in [2.05, 4.69) is 20.8 Å². The average molecular weight is 214 g/mol. The second kappa shape index (κ2) is 3.48.